The van der Waals surface area contributed by atoms with Gasteiger partial charge in [0.15, 0.2) is 11.6 Å². The van der Waals surface area contributed by atoms with Crippen LogP contribution >= 0.6 is 11.3 Å². The summed E-state index contributed by atoms with van der Waals surface area (Å²) in [4.78, 5) is 25.7. The number of furan rings is 1. The van der Waals surface area contributed by atoms with Crippen LogP contribution in [0.4, 0.5) is 0 Å². The third-order valence-electron chi connectivity index (χ3n) is 4.82. The van der Waals surface area contributed by atoms with Gasteiger partial charge in [-0.2, -0.15) is 0 Å². The summed E-state index contributed by atoms with van der Waals surface area (Å²) in [7, 11) is 4.08. The third-order valence-corrected chi connectivity index (χ3v) is 6.01. The monoisotopic (exact) mass is 386 g/mol. The summed E-state index contributed by atoms with van der Waals surface area (Å²) in [6.07, 6.45) is 1.60. The van der Waals surface area contributed by atoms with Gasteiger partial charge in [0.05, 0.1) is 16.8 Å². The predicted molar refractivity (Wildman–Crippen MR) is 109 cm³/mol. The minimum absolute atomic E-state index is 0.0538. The Hall–Kier alpha value is -2.25. The molecule has 0 spiro atoms. The van der Waals surface area contributed by atoms with Crippen molar-refractivity contribution in [3.8, 4) is 11.6 Å². The second-order valence-corrected chi connectivity index (χ2v) is 8.33. The van der Waals surface area contributed by atoms with Crippen molar-refractivity contribution in [1.82, 2.24) is 20.2 Å². The molecule has 27 heavy (non-hydrogen) atoms. The van der Waals surface area contributed by atoms with Crippen molar-refractivity contribution in [2.75, 3.05) is 20.6 Å². The summed E-state index contributed by atoms with van der Waals surface area (Å²) in [5.74, 6) is 1.57. The Balaban J connectivity index is 1.90. The van der Waals surface area contributed by atoms with Gasteiger partial charge in [0.1, 0.15) is 4.83 Å². The van der Waals surface area contributed by atoms with Gasteiger partial charge in [0.2, 0.25) is 0 Å². The van der Waals surface area contributed by atoms with Crippen LogP contribution in [0, 0.1) is 19.8 Å². The Kier molecular flexibility index (Phi) is 5.62. The van der Waals surface area contributed by atoms with Crippen LogP contribution in [-0.2, 0) is 0 Å². The Bertz CT molecular complexity index is 937. The smallest absolute Gasteiger partial charge is 0.261 e. The topological polar surface area (TPSA) is 71.3 Å². The van der Waals surface area contributed by atoms with Crippen molar-refractivity contribution in [2.24, 2.45) is 5.92 Å². The van der Waals surface area contributed by atoms with Gasteiger partial charge in [-0.3, -0.25) is 4.79 Å². The van der Waals surface area contributed by atoms with Crippen LogP contribution in [0.15, 0.2) is 22.8 Å². The number of hydrogen-bond donors (Lipinski definition) is 1. The summed E-state index contributed by atoms with van der Waals surface area (Å²) in [6.45, 7) is 8.84. The largest absolute Gasteiger partial charge is 0.461 e. The molecule has 0 radical (unpaired) electrons. The van der Waals surface area contributed by atoms with E-state index >= 15 is 0 Å². The lowest BCUT2D eigenvalue weighted by Crippen LogP contribution is -2.43. The van der Waals surface area contributed by atoms with Crippen LogP contribution in [0.3, 0.4) is 0 Å². The fourth-order valence-electron chi connectivity index (χ4n) is 3.36. The molecule has 1 amide bonds. The van der Waals surface area contributed by atoms with Crippen molar-refractivity contribution in [1.29, 1.82) is 0 Å². The third kappa shape index (κ3) is 3.89. The number of aromatic nitrogens is 2. The number of carbonyl (C=O) groups is 1. The zero-order chi connectivity index (χ0) is 19.7. The van der Waals surface area contributed by atoms with Crippen molar-refractivity contribution in [3.05, 3.63) is 34.5 Å². The van der Waals surface area contributed by atoms with E-state index in [4.69, 9.17) is 4.42 Å². The Labute approximate surface area is 163 Å². The van der Waals surface area contributed by atoms with Gasteiger partial charge < -0.3 is 14.6 Å². The summed E-state index contributed by atoms with van der Waals surface area (Å²) < 4.78 is 5.41. The molecule has 1 atom stereocenters. The van der Waals surface area contributed by atoms with Crippen molar-refractivity contribution in [2.45, 2.75) is 33.7 Å². The van der Waals surface area contributed by atoms with E-state index < -0.39 is 0 Å². The molecule has 0 bridgehead atoms. The molecule has 1 unspecified atom stereocenters. The molecule has 1 N–H and O–H groups in total. The number of carbonyl (C=O) groups excluding carboxylic acids is 1. The SMILES string of the molecule is Cc1nc(-c2ccco2)nc2sc(C(=O)NCC(C(C)C)N(C)C)c(C)c12. The maximum Gasteiger partial charge on any atom is 0.261 e. The number of nitrogens with zero attached hydrogens (tertiary/aromatic N) is 3. The van der Waals surface area contributed by atoms with Gasteiger partial charge >= 0.3 is 0 Å². The molecular formula is C20H26N4O2S. The quantitative estimate of drug-likeness (QED) is 0.696. The molecule has 3 heterocycles. The first-order chi connectivity index (χ1) is 12.8. The molecule has 0 fully saturated rings. The van der Waals surface area contributed by atoms with E-state index in [9.17, 15) is 4.79 Å². The standard InChI is InChI=1S/C20H26N4O2S/c1-11(2)14(24(5)6)10-21-19(25)17-12(3)16-13(4)22-18(23-20(16)27-17)15-8-7-9-26-15/h7-9,11,14H,10H2,1-6H3,(H,21,25). The lowest BCUT2D eigenvalue weighted by atomic mass is 10.0. The number of nitrogens with one attached hydrogen (secondary N) is 1. The first-order valence-electron chi connectivity index (χ1n) is 9.05. The normalized spacial score (nSPS) is 12.9. The minimum atomic E-state index is -0.0538. The molecule has 0 aliphatic rings. The molecule has 0 aromatic carbocycles. The van der Waals surface area contributed by atoms with Crippen LogP contribution < -0.4 is 5.32 Å². The Morgan fingerprint density at radius 3 is 2.63 bits per heavy atom. The number of fused-ring (bicyclic) bond motifs is 1. The van der Waals surface area contributed by atoms with E-state index in [1.807, 2.05) is 40.1 Å². The van der Waals surface area contributed by atoms with E-state index in [0.29, 0.717) is 28.9 Å². The predicted octanol–water partition coefficient (Wildman–Crippen LogP) is 3.88. The fourth-order valence-corrected chi connectivity index (χ4v) is 4.51. The molecule has 144 valence electrons. The number of rotatable bonds is 6. The van der Waals surface area contributed by atoms with Crippen LogP contribution in [0.25, 0.3) is 21.8 Å². The van der Waals surface area contributed by atoms with Crippen LogP contribution in [0.1, 0.15) is 34.8 Å². The first-order valence-corrected chi connectivity index (χ1v) is 9.87. The molecule has 7 heteroatoms. The maximum atomic E-state index is 12.8. The zero-order valence-corrected chi connectivity index (χ0v) is 17.5. The summed E-state index contributed by atoms with van der Waals surface area (Å²) in [5.41, 5.74) is 1.79. The molecule has 3 aromatic heterocycles. The van der Waals surface area contributed by atoms with Crippen molar-refractivity contribution >= 4 is 27.5 Å². The summed E-state index contributed by atoms with van der Waals surface area (Å²) in [6, 6.07) is 3.94. The zero-order valence-electron chi connectivity index (χ0n) is 16.7. The number of aryl methyl sites for hydroxylation is 2. The van der Waals surface area contributed by atoms with Gasteiger partial charge in [-0.25, -0.2) is 9.97 Å². The Morgan fingerprint density at radius 2 is 2.04 bits per heavy atom. The van der Waals surface area contributed by atoms with Crippen molar-refractivity contribution in [3.63, 3.8) is 0 Å². The lowest BCUT2D eigenvalue weighted by molar-refractivity contribution is 0.0938. The molecule has 3 rings (SSSR count). The van der Waals surface area contributed by atoms with Gasteiger partial charge in [-0.15, -0.1) is 11.3 Å². The minimum Gasteiger partial charge on any atom is -0.461 e. The Morgan fingerprint density at radius 1 is 1.30 bits per heavy atom. The van der Waals surface area contributed by atoms with Gasteiger partial charge in [-0.1, -0.05) is 13.8 Å². The highest BCUT2D eigenvalue weighted by atomic mass is 32.1. The summed E-state index contributed by atoms with van der Waals surface area (Å²) >= 11 is 1.41. The highest BCUT2D eigenvalue weighted by molar-refractivity contribution is 7.20. The fraction of sp³-hybridized carbons (Fsp3) is 0.450. The highest BCUT2D eigenvalue weighted by Crippen LogP contribution is 2.33. The number of amides is 1. The average molecular weight is 387 g/mol. The average Bonchev–Trinajstić information content (AvgIpc) is 3.22. The molecule has 0 saturated heterocycles. The van der Waals surface area contributed by atoms with E-state index in [1.54, 1.807) is 6.26 Å². The van der Waals surface area contributed by atoms with Crippen LogP contribution in [0.2, 0.25) is 0 Å². The van der Waals surface area contributed by atoms with Gasteiger partial charge in [0.25, 0.3) is 5.91 Å². The molecule has 0 saturated carbocycles. The molecule has 0 aliphatic carbocycles. The van der Waals surface area contributed by atoms with Gasteiger partial charge in [0, 0.05) is 18.0 Å². The lowest BCUT2D eigenvalue weighted by Gasteiger charge is -2.28. The first kappa shape index (κ1) is 19.5. The molecule has 6 nitrogen and oxygen atoms in total. The van der Waals surface area contributed by atoms with E-state index in [2.05, 4.69) is 34.0 Å². The second kappa shape index (κ2) is 7.78. The molecule has 3 aromatic rings. The number of likely N-dealkylation sites (N-methyl/N-ethyl adjacent to an activating group) is 1. The van der Waals surface area contributed by atoms with E-state index in [1.165, 1.54) is 11.3 Å². The summed E-state index contributed by atoms with van der Waals surface area (Å²) in [5, 5.41) is 4.04. The molecule has 0 aliphatic heterocycles. The highest BCUT2D eigenvalue weighted by Gasteiger charge is 2.22. The van der Waals surface area contributed by atoms with Crippen LogP contribution in [-0.4, -0.2) is 47.5 Å². The number of hydrogen-bond acceptors (Lipinski definition) is 6. The van der Waals surface area contributed by atoms with Gasteiger partial charge in [-0.05, 0) is 51.6 Å². The number of thiophene rings is 1. The van der Waals surface area contributed by atoms with Crippen molar-refractivity contribution < 1.29 is 9.21 Å². The van der Waals surface area contributed by atoms with E-state index in [0.717, 1.165) is 21.5 Å². The van der Waals surface area contributed by atoms with E-state index in [-0.39, 0.29) is 11.9 Å². The maximum absolute atomic E-state index is 12.8. The second-order valence-electron chi connectivity index (χ2n) is 7.33. The molecular weight excluding hydrogens is 360 g/mol. The van der Waals surface area contributed by atoms with Crippen LogP contribution in [0.5, 0.6) is 0 Å².